The van der Waals surface area contributed by atoms with Gasteiger partial charge in [-0.15, -0.1) is 0 Å². The molecular weight excluding hydrogens is 266 g/mol. The van der Waals surface area contributed by atoms with E-state index in [1.165, 1.54) is 0 Å². The quantitative estimate of drug-likeness (QED) is 0.648. The van der Waals surface area contributed by atoms with Crippen LogP contribution in [0.4, 0.5) is 23.3 Å². The molecule has 112 valence electrons. The van der Waals surface area contributed by atoms with Crippen LogP contribution in [0.2, 0.25) is 0 Å². The molecule has 0 saturated heterocycles. The van der Waals surface area contributed by atoms with E-state index in [4.69, 9.17) is 4.74 Å². The largest absolute Gasteiger partial charge is 0.385 e. The SMILES string of the molecule is CNc1cc(NCCCOC)nc(Nc2ccccc2)n1. The fourth-order valence-corrected chi connectivity index (χ4v) is 1.81. The highest BCUT2D eigenvalue weighted by Gasteiger charge is 2.04. The van der Waals surface area contributed by atoms with Crippen molar-refractivity contribution in [3.63, 3.8) is 0 Å². The standard InChI is InChI=1S/C15H21N5O/c1-16-13-11-14(17-9-6-10-21-2)20-15(19-13)18-12-7-4-3-5-8-12/h3-5,7-8,11H,6,9-10H2,1-2H3,(H3,16,17,18,19,20). The molecule has 6 heteroatoms. The lowest BCUT2D eigenvalue weighted by Crippen LogP contribution is -2.09. The third-order valence-corrected chi connectivity index (χ3v) is 2.84. The van der Waals surface area contributed by atoms with Crippen LogP contribution in [0.15, 0.2) is 36.4 Å². The van der Waals surface area contributed by atoms with Crippen molar-refractivity contribution in [2.45, 2.75) is 6.42 Å². The lowest BCUT2D eigenvalue weighted by molar-refractivity contribution is 0.198. The molecular formula is C15H21N5O. The Balaban J connectivity index is 2.06. The van der Waals surface area contributed by atoms with E-state index < -0.39 is 0 Å². The number of para-hydroxylation sites is 1. The summed E-state index contributed by atoms with van der Waals surface area (Å²) in [7, 11) is 3.54. The first-order valence-corrected chi connectivity index (χ1v) is 6.93. The van der Waals surface area contributed by atoms with Crippen LogP contribution in [0.3, 0.4) is 0 Å². The molecule has 1 aromatic heterocycles. The van der Waals surface area contributed by atoms with Crippen LogP contribution in [0.25, 0.3) is 0 Å². The van der Waals surface area contributed by atoms with Crippen LogP contribution in [-0.2, 0) is 4.74 Å². The fraction of sp³-hybridized carbons (Fsp3) is 0.333. The lowest BCUT2D eigenvalue weighted by Gasteiger charge is -2.11. The molecule has 0 fully saturated rings. The second kappa shape index (κ2) is 8.06. The predicted molar refractivity (Wildman–Crippen MR) is 86.3 cm³/mol. The molecule has 2 rings (SSSR count). The second-order valence-corrected chi connectivity index (χ2v) is 4.48. The number of anilines is 4. The molecule has 2 aromatic rings. The van der Waals surface area contributed by atoms with Gasteiger partial charge in [-0.1, -0.05) is 18.2 Å². The summed E-state index contributed by atoms with van der Waals surface area (Å²) in [6, 6.07) is 11.7. The van der Waals surface area contributed by atoms with Crippen LogP contribution < -0.4 is 16.0 Å². The maximum absolute atomic E-state index is 5.03. The number of rotatable bonds is 8. The van der Waals surface area contributed by atoms with Crippen molar-refractivity contribution in [3.8, 4) is 0 Å². The van der Waals surface area contributed by atoms with Crippen molar-refractivity contribution in [1.82, 2.24) is 9.97 Å². The number of nitrogens with one attached hydrogen (secondary N) is 3. The normalized spacial score (nSPS) is 10.2. The summed E-state index contributed by atoms with van der Waals surface area (Å²) < 4.78 is 5.03. The van der Waals surface area contributed by atoms with Gasteiger partial charge in [0.05, 0.1) is 0 Å². The van der Waals surface area contributed by atoms with E-state index in [0.29, 0.717) is 5.95 Å². The number of methoxy groups -OCH3 is 1. The van der Waals surface area contributed by atoms with Gasteiger partial charge in [0, 0.05) is 39.1 Å². The Morgan fingerprint density at radius 1 is 1.10 bits per heavy atom. The first-order chi connectivity index (χ1) is 10.3. The summed E-state index contributed by atoms with van der Waals surface area (Å²) in [6.07, 6.45) is 0.927. The third kappa shape index (κ3) is 4.92. The Bertz CT molecular complexity index is 547. The van der Waals surface area contributed by atoms with Crippen molar-refractivity contribution >= 4 is 23.3 Å². The molecule has 0 spiro atoms. The van der Waals surface area contributed by atoms with Gasteiger partial charge in [-0.25, -0.2) is 0 Å². The molecule has 0 aliphatic carbocycles. The van der Waals surface area contributed by atoms with E-state index in [0.717, 1.165) is 36.9 Å². The Morgan fingerprint density at radius 2 is 1.86 bits per heavy atom. The predicted octanol–water partition coefficient (Wildman–Crippen LogP) is 2.71. The Kier molecular flexibility index (Phi) is 5.78. The van der Waals surface area contributed by atoms with Gasteiger partial charge in [0.2, 0.25) is 5.95 Å². The second-order valence-electron chi connectivity index (χ2n) is 4.48. The molecule has 21 heavy (non-hydrogen) atoms. The van der Waals surface area contributed by atoms with Gasteiger partial charge in [-0.05, 0) is 18.6 Å². The molecule has 0 unspecified atom stereocenters. The van der Waals surface area contributed by atoms with Gasteiger partial charge in [-0.3, -0.25) is 0 Å². The van der Waals surface area contributed by atoms with Crippen LogP contribution in [-0.4, -0.2) is 37.3 Å². The minimum atomic E-state index is 0.558. The van der Waals surface area contributed by atoms with Gasteiger partial charge < -0.3 is 20.7 Å². The highest BCUT2D eigenvalue weighted by Crippen LogP contribution is 2.17. The molecule has 0 atom stereocenters. The molecule has 0 aliphatic heterocycles. The zero-order valence-corrected chi connectivity index (χ0v) is 12.4. The van der Waals surface area contributed by atoms with Crippen molar-refractivity contribution in [2.24, 2.45) is 0 Å². The summed E-state index contributed by atoms with van der Waals surface area (Å²) >= 11 is 0. The van der Waals surface area contributed by atoms with Crippen molar-refractivity contribution in [2.75, 3.05) is 43.3 Å². The maximum atomic E-state index is 5.03. The van der Waals surface area contributed by atoms with Crippen molar-refractivity contribution in [1.29, 1.82) is 0 Å². The van der Waals surface area contributed by atoms with E-state index in [9.17, 15) is 0 Å². The molecule has 1 aromatic carbocycles. The van der Waals surface area contributed by atoms with Crippen molar-refractivity contribution < 1.29 is 4.74 Å². The van der Waals surface area contributed by atoms with E-state index in [1.807, 2.05) is 43.4 Å². The molecule has 0 aliphatic rings. The Labute approximate surface area is 125 Å². The number of ether oxygens (including phenoxy) is 1. The van der Waals surface area contributed by atoms with E-state index in [-0.39, 0.29) is 0 Å². The van der Waals surface area contributed by atoms with Gasteiger partial charge >= 0.3 is 0 Å². The highest BCUT2D eigenvalue weighted by atomic mass is 16.5. The smallest absolute Gasteiger partial charge is 0.231 e. The monoisotopic (exact) mass is 287 g/mol. The third-order valence-electron chi connectivity index (χ3n) is 2.84. The molecule has 0 saturated carbocycles. The minimum absolute atomic E-state index is 0.558. The van der Waals surface area contributed by atoms with Gasteiger partial charge in [0.15, 0.2) is 0 Å². The van der Waals surface area contributed by atoms with Gasteiger partial charge in [0.25, 0.3) is 0 Å². The molecule has 6 nitrogen and oxygen atoms in total. The zero-order chi connectivity index (χ0) is 14.9. The summed E-state index contributed by atoms with van der Waals surface area (Å²) in [5.74, 6) is 2.10. The van der Waals surface area contributed by atoms with Crippen LogP contribution in [0.5, 0.6) is 0 Å². The number of aromatic nitrogens is 2. The molecule has 0 amide bonds. The number of benzene rings is 1. The first kappa shape index (κ1) is 15.1. The number of hydrogen-bond acceptors (Lipinski definition) is 6. The average Bonchev–Trinajstić information content (AvgIpc) is 2.52. The summed E-state index contributed by atoms with van der Waals surface area (Å²) in [5, 5.41) is 9.50. The molecule has 0 bridgehead atoms. The Morgan fingerprint density at radius 3 is 2.57 bits per heavy atom. The number of nitrogens with zero attached hydrogens (tertiary/aromatic N) is 2. The van der Waals surface area contributed by atoms with Crippen LogP contribution in [0.1, 0.15) is 6.42 Å². The molecule has 1 heterocycles. The summed E-state index contributed by atoms with van der Waals surface area (Å²) in [6.45, 7) is 1.53. The molecule has 3 N–H and O–H groups in total. The lowest BCUT2D eigenvalue weighted by atomic mass is 10.3. The first-order valence-electron chi connectivity index (χ1n) is 6.93. The van der Waals surface area contributed by atoms with Crippen molar-refractivity contribution in [3.05, 3.63) is 36.4 Å². The van der Waals surface area contributed by atoms with Crippen LogP contribution in [0, 0.1) is 0 Å². The topological polar surface area (TPSA) is 71.1 Å². The number of hydrogen-bond donors (Lipinski definition) is 3. The fourth-order valence-electron chi connectivity index (χ4n) is 1.81. The van der Waals surface area contributed by atoms with Gasteiger partial charge in [0.1, 0.15) is 11.6 Å². The van der Waals surface area contributed by atoms with Crippen LogP contribution >= 0.6 is 0 Å². The maximum Gasteiger partial charge on any atom is 0.231 e. The Hall–Kier alpha value is -2.34. The minimum Gasteiger partial charge on any atom is -0.385 e. The highest BCUT2D eigenvalue weighted by molar-refractivity contribution is 5.58. The average molecular weight is 287 g/mol. The van der Waals surface area contributed by atoms with Gasteiger partial charge in [-0.2, -0.15) is 9.97 Å². The van der Waals surface area contributed by atoms with E-state index in [1.54, 1.807) is 7.11 Å². The summed E-state index contributed by atoms with van der Waals surface area (Å²) in [5.41, 5.74) is 0.955. The zero-order valence-electron chi connectivity index (χ0n) is 12.4. The van der Waals surface area contributed by atoms with E-state index in [2.05, 4.69) is 25.9 Å². The summed E-state index contributed by atoms with van der Waals surface area (Å²) in [4.78, 5) is 8.85. The van der Waals surface area contributed by atoms with E-state index >= 15 is 0 Å². The molecule has 0 radical (unpaired) electrons.